The number of oxazole rings is 1. The molecule has 1 unspecified atom stereocenters. The molecule has 4 rings (SSSR count). The number of hydrogen-bond acceptors (Lipinski definition) is 8. The summed E-state index contributed by atoms with van der Waals surface area (Å²) >= 11 is 0. The summed E-state index contributed by atoms with van der Waals surface area (Å²) in [6.07, 6.45) is 3.92. The molecular weight excluding hydrogens is 456 g/mol. The largest absolute Gasteiger partial charge is 0.459 e. The number of anilines is 1. The maximum Gasteiger partial charge on any atom is 0.266 e. The monoisotopic (exact) mass is 482 g/mol. The number of benzene rings is 1. The van der Waals surface area contributed by atoms with Crippen molar-refractivity contribution in [2.24, 2.45) is 5.92 Å². The molecule has 0 radical (unpaired) electrons. The molecule has 0 bridgehead atoms. The minimum atomic E-state index is -3.27. The SMILES string of the molecule is CC(c1ccc(S(C)(=O)=O)cc1)N(C)C(=O)C1CCN(c2oc(-c3ccco3)nc2C#N)CC1. The van der Waals surface area contributed by atoms with E-state index in [-0.39, 0.29) is 34.3 Å². The Kier molecular flexibility index (Phi) is 6.48. The quantitative estimate of drug-likeness (QED) is 0.522. The number of hydrogen-bond donors (Lipinski definition) is 0. The van der Waals surface area contributed by atoms with Crippen LogP contribution >= 0.6 is 0 Å². The Morgan fingerprint density at radius 2 is 1.91 bits per heavy atom. The van der Waals surface area contributed by atoms with Crippen molar-refractivity contribution >= 4 is 21.6 Å². The molecule has 1 amide bonds. The zero-order valence-electron chi connectivity index (χ0n) is 19.3. The van der Waals surface area contributed by atoms with Crippen molar-refractivity contribution in [3.05, 3.63) is 53.9 Å². The third kappa shape index (κ3) is 4.70. The van der Waals surface area contributed by atoms with E-state index in [9.17, 15) is 18.5 Å². The summed E-state index contributed by atoms with van der Waals surface area (Å²) in [5, 5.41) is 9.48. The van der Waals surface area contributed by atoms with Gasteiger partial charge in [-0.3, -0.25) is 4.79 Å². The van der Waals surface area contributed by atoms with Gasteiger partial charge in [0.15, 0.2) is 15.6 Å². The van der Waals surface area contributed by atoms with Crippen LogP contribution in [0.1, 0.15) is 37.1 Å². The Bertz CT molecular complexity index is 1300. The van der Waals surface area contributed by atoms with Gasteiger partial charge in [0.25, 0.3) is 5.89 Å². The minimum Gasteiger partial charge on any atom is -0.459 e. The highest BCUT2D eigenvalue weighted by Gasteiger charge is 2.32. The number of amides is 1. The molecule has 3 heterocycles. The lowest BCUT2D eigenvalue weighted by molar-refractivity contribution is -0.136. The highest BCUT2D eigenvalue weighted by atomic mass is 32.2. The lowest BCUT2D eigenvalue weighted by Gasteiger charge is -2.35. The van der Waals surface area contributed by atoms with Crippen LogP contribution in [0.25, 0.3) is 11.7 Å². The van der Waals surface area contributed by atoms with Crippen LogP contribution in [0.15, 0.2) is 56.4 Å². The van der Waals surface area contributed by atoms with Gasteiger partial charge in [-0.1, -0.05) is 12.1 Å². The predicted octanol–water partition coefficient (Wildman–Crippen LogP) is 3.65. The highest BCUT2D eigenvalue weighted by molar-refractivity contribution is 7.90. The van der Waals surface area contributed by atoms with Crippen molar-refractivity contribution in [1.82, 2.24) is 9.88 Å². The van der Waals surface area contributed by atoms with Gasteiger partial charge >= 0.3 is 0 Å². The van der Waals surface area contributed by atoms with E-state index in [4.69, 9.17) is 8.83 Å². The van der Waals surface area contributed by atoms with E-state index < -0.39 is 9.84 Å². The van der Waals surface area contributed by atoms with Gasteiger partial charge < -0.3 is 18.6 Å². The van der Waals surface area contributed by atoms with Crippen molar-refractivity contribution in [3.63, 3.8) is 0 Å². The molecule has 1 saturated heterocycles. The molecule has 34 heavy (non-hydrogen) atoms. The Hall–Kier alpha value is -3.58. The van der Waals surface area contributed by atoms with Gasteiger partial charge in [0.05, 0.1) is 17.2 Å². The lowest BCUT2D eigenvalue weighted by atomic mass is 9.94. The van der Waals surface area contributed by atoms with E-state index in [0.717, 1.165) is 5.56 Å². The van der Waals surface area contributed by atoms with Crippen LogP contribution in [0, 0.1) is 17.2 Å². The molecule has 3 aromatic rings. The molecule has 2 aromatic heterocycles. The summed E-state index contributed by atoms with van der Waals surface area (Å²) in [6.45, 7) is 3.04. The Morgan fingerprint density at radius 1 is 1.24 bits per heavy atom. The molecule has 1 fully saturated rings. The van der Waals surface area contributed by atoms with Crippen LogP contribution < -0.4 is 4.90 Å². The first-order valence-electron chi connectivity index (χ1n) is 11.0. The third-order valence-corrected chi connectivity index (χ3v) is 7.43. The van der Waals surface area contributed by atoms with E-state index in [0.29, 0.717) is 37.6 Å². The van der Waals surface area contributed by atoms with Crippen LogP contribution in [0.2, 0.25) is 0 Å². The van der Waals surface area contributed by atoms with Gasteiger partial charge in [0.1, 0.15) is 6.07 Å². The van der Waals surface area contributed by atoms with Crippen molar-refractivity contribution in [2.45, 2.75) is 30.7 Å². The van der Waals surface area contributed by atoms with Crippen molar-refractivity contribution < 1.29 is 22.0 Å². The average Bonchev–Trinajstić information content (AvgIpc) is 3.52. The molecule has 1 aliphatic rings. The maximum absolute atomic E-state index is 13.2. The zero-order valence-corrected chi connectivity index (χ0v) is 20.1. The Labute approximate surface area is 198 Å². The fraction of sp³-hybridized carbons (Fsp3) is 0.375. The first-order chi connectivity index (χ1) is 16.2. The van der Waals surface area contributed by atoms with Gasteiger partial charge in [-0.25, -0.2) is 8.42 Å². The molecule has 178 valence electrons. The van der Waals surface area contributed by atoms with Gasteiger partial charge in [-0.2, -0.15) is 10.2 Å². The van der Waals surface area contributed by atoms with Crippen molar-refractivity contribution in [2.75, 3.05) is 31.3 Å². The second-order valence-electron chi connectivity index (χ2n) is 8.49. The first-order valence-corrected chi connectivity index (χ1v) is 12.8. The zero-order chi connectivity index (χ0) is 24.5. The van der Waals surface area contributed by atoms with Crippen molar-refractivity contribution in [1.29, 1.82) is 5.26 Å². The number of nitrogens with zero attached hydrogens (tertiary/aromatic N) is 4. The summed E-state index contributed by atoms with van der Waals surface area (Å²) < 4.78 is 34.5. The third-order valence-electron chi connectivity index (χ3n) is 6.30. The highest BCUT2D eigenvalue weighted by Crippen LogP contribution is 2.32. The summed E-state index contributed by atoms with van der Waals surface area (Å²) in [6, 6.07) is 11.9. The van der Waals surface area contributed by atoms with Crippen LogP contribution in [0.3, 0.4) is 0 Å². The summed E-state index contributed by atoms with van der Waals surface area (Å²) in [5.74, 6) is 0.983. The van der Waals surface area contributed by atoms with Gasteiger partial charge in [0.2, 0.25) is 17.5 Å². The topological polar surface area (TPSA) is 121 Å². The Morgan fingerprint density at radius 3 is 2.47 bits per heavy atom. The van der Waals surface area contributed by atoms with Gasteiger partial charge in [-0.15, -0.1) is 0 Å². The van der Waals surface area contributed by atoms with E-state index in [1.807, 2.05) is 11.8 Å². The lowest BCUT2D eigenvalue weighted by Crippen LogP contribution is -2.42. The molecule has 9 nitrogen and oxygen atoms in total. The molecule has 0 aliphatic carbocycles. The summed E-state index contributed by atoms with van der Waals surface area (Å²) in [5.41, 5.74) is 1.06. The van der Waals surface area contributed by atoms with Crippen LogP contribution in [-0.4, -0.2) is 50.6 Å². The van der Waals surface area contributed by atoms with E-state index >= 15 is 0 Å². The summed E-state index contributed by atoms with van der Waals surface area (Å²) in [4.78, 5) is 21.3. The molecule has 0 spiro atoms. The van der Waals surface area contributed by atoms with Gasteiger partial charge in [0, 0.05) is 32.3 Å². The standard InChI is InChI=1S/C24H26N4O5S/c1-16(17-6-8-19(9-7-17)34(3,30)31)27(2)23(29)18-10-12-28(13-11-18)24-20(15-25)26-22(33-24)21-5-4-14-32-21/h4-9,14,16,18H,10-13H2,1-3H3. The van der Waals surface area contributed by atoms with E-state index in [1.54, 1.807) is 48.3 Å². The fourth-order valence-electron chi connectivity index (χ4n) is 4.13. The smallest absolute Gasteiger partial charge is 0.266 e. The molecule has 10 heteroatoms. The predicted molar refractivity (Wildman–Crippen MR) is 125 cm³/mol. The van der Waals surface area contributed by atoms with Crippen molar-refractivity contribution in [3.8, 4) is 17.7 Å². The number of carbonyl (C=O) groups excluding carboxylic acids is 1. The first kappa shape index (κ1) is 23.6. The average molecular weight is 483 g/mol. The normalized spacial score (nSPS) is 15.6. The van der Waals surface area contributed by atoms with E-state index in [2.05, 4.69) is 11.1 Å². The second kappa shape index (κ2) is 9.35. The number of furan rings is 1. The minimum absolute atomic E-state index is 0.0358. The molecular formula is C24H26N4O5S. The molecule has 0 saturated carbocycles. The summed E-state index contributed by atoms with van der Waals surface area (Å²) in [7, 11) is -1.50. The molecule has 0 N–H and O–H groups in total. The number of piperidine rings is 1. The molecule has 1 aliphatic heterocycles. The Balaban J connectivity index is 1.40. The molecule has 1 aromatic carbocycles. The number of nitriles is 1. The van der Waals surface area contributed by atoms with E-state index in [1.165, 1.54) is 12.5 Å². The van der Waals surface area contributed by atoms with Crippen LogP contribution in [-0.2, 0) is 14.6 Å². The maximum atomic E-state index is 13.2. The number of aromatic nitrogens is 1. The number of carbonyl (C=O) groups is 1. The number of sulfone groups is 1. The van der Waals surface area contributed by atoms with Gasteiger partial charge in [-0.05, 0) is 49.6 Å². The molecule has 1 atom stereocenters. The van der Waals surface area contributed by atoms with Crippen LogP contribution in [0.5, 0.6) is 0 Å². The van der Waals surface area contributed by atoms with Crippen LogP contribution in [0.4, 0.5) is 5.88 Å². The number of rotatable bonds is 6. The fourth-order valence-corrected chi connectivity index (χ4v) is 4.76. The second-order valence-corrected chi connectivity index (χ2v) is 10.5.